The first-order chi connectivity index (χ1) is 10.5. The quantitative estimate of drug-likeness (QED) is 0.714. The van der Waals surface area contributed by atoms with Gasteiger partial charge in [-0.15, -0.1) is 0 Å². The largest absolute Gasteiger partial charge is 0.318 e. The van der Waals surface area contributed by atoms with E-state index in [1.54, 1.807) is 47.9 Å². The first-order valence-electron chi connectivity index (χ1n) is 6.37. The number of pyridine rings is 1. The summed E-state index contributed by atoms with van der Waals surface area (Å²) >= 11 is 18.1. The van der Waals surface area contributed by atoms with Crippen LogP contribution in [0.4, 0.5) is 5.69 Å². The van der Waals surface area contributed by atoms with Crippen molar-refractivity contribution < 1.29 is 4.79 Å². The second-order valence-corrected chi connectivity index (χ2v) is 5.92. The predicted molar refractivity (Wildman–Crippen MR) is 89.4 cm³/mol. The molecule has 1 amide bonds. The minimum Gasteiger partial charge on any atom is -0.318 e. The van der Waals surface area contributed by atoms with E-state index < -0.39 is 0 Å². The summed E-state index contributed by atoms with van der Waals surface area (Å²) in [6.45, 7) is 1.75. The second-order valence-electron chi connectivity index (χ2n) is 4.67. The lowest BCUT2D eigenvalue weighted by molar-refractivity contribution is 0.102. The summed E-state index contributed by atoms with van der Waals surface area (Å²) in [6.07, 6.45) is 1.70. The Morgan fingerprint density at radius 2 is 1.86 bits per heavy atom. The fourth-order valence-electron chi connectivity index (χ4n) is 2.20. The van der Waals surface area contributed by atoms with Crippen molar-refractivity contribution in [2.45, 2.75) is 6.92 Å². The predicted octanol–water partition coefficient (Wildman–Crippen LogP) is 4.86. The van der Waals surface area contributed by atoms with E-state index in [1.807, 2.05) is 0 Å². The molecule has 0 saturated carbocycles. The molecule has 0 bridgehead atoms. The van der Waals surface area contributed by atoms with Gasteiger partial charge in [0.15, 0.2) is 0 Å². The van der Waals surface area contributed by atoms with E-state index in [0.717, 1.165) is 0 Å². The van der Waals surface area contributed by atoms with Gasteiger partial charge in [-0.25, -0.2) is 4.98 Å². The lowest BCUT2D eigenvalue weighted by Gasteiger charge is -2.09. The van der Waals surface area contributed by atoms with Crippen LogP contribution in [0, 0.1) is 6.92 Å². The Labute approximate surface area is 141 Å². The highest BCUT2D eigenvalue weighted by atomic mass is 35.5. The molecule has 0 fully saturated rings. The van der Waals surface area contributed by atoms with Crippen molar-refractivity contribution >= 4 is 52.0 Å². The number of nitrogens with zero attached hydrogens (tertiary/aromatic N) is 2. The zero-order chi connectivity index (χ0) is 15.9. The smallest absolute Gasteiger partial charge is 0.274 e. The number of aromatic nitrogens is 2. The maximum absolute atomic E-state index is 12.6. The molecular formula is C15H10Cl3N3O. The number of imidazole rings is 1. The highest BCUT2D eigenvalue weighted by Crippen LogP contribution is 2.30. The lowest BCUT2D eigenvalue weighted by Crippen LogP contribution is -2.16. The summed E-state index contributed by atoms with van der Waals surface area (Å²) in [5, 5.41) is 4.03. The van der Waals surface area contributed by atoms with Crippen molar-refractivity contribution in [1.82, 2.24) is 9.38 Å². The van der Waals surface area contributed by atoms with Crippen LogP contribution in [0.15, 0.2) is 36.5 Å². The van der Waals surface area contributed by atoms with Crippen LogP contribution < -0.4 is 5.32 Å². The number of fused-ring (bicyclic) bond motifs is 1. The van der Waals surface area contributed by atoms with E-state index in [0.29, 0.717) is 37.8 Å². The molecule has 0 unspecified atom stereocenters. The monoisotopic (exact) mass is 353 g/mol. The number of nitrogens with one attached hydrogen (secondary N) is 1. The number of halogens is 3. The Morgan fingerprint density at radius 3 is 2.55 bits per heavy atom. The van der Waals surface area contributed by atoms with Crippen LogP contribution in [0.25, 0.3) is 5.65 Å². The molecule has 112 valence electrons. The molecule has 0 saturated heterocycles. The second kappa shape index (κ2) is 5.80. The molecule has 7 heteroatoms. The Bertz CT molecular complexity index is 869. The Hall–Kier alpha value is -1.75. The number of anilines is 1. The number of aryl methyl sites for hydroxylation is 1. The SMILES string of the molecule is Cc1nc2cc(Cl)ccn2c1C(=O)Nc1c(Cl)cccc1Cl. The van der Waals surface area contributed by atoms with Crippen molar-refractivity contribution in [3.8, 4) is 0 Å². The normalized spacial score (nSPS) is 10.9. The molecule has 1 aromatic carbocycles. The average molecular weight is 355 g/mol. The van der Waals surface area contributed by atoms with Crippen LogP contribution in [-0.4, -0.2) is 15.3 Å². The summed E-state index contributed by atoms with van der Waals surface area (Å²) < 4.78 is 1.67. The summed E-state index contributed by atoms with van der Waals surface area (Å²) in [5.74, 6) is -0.345. The van der Waals surface area contributed by atoms with Gasteiger partial charge in [0, 0.05) is 17.3 Å². The number of carbonyl (C=O) groups is 1. The molecular weight excluding hydrogens is 345 g/mol. The number of amides is 1. The van der Waals surface area contributed by atoms with Gasteiger partial charge in [-0.2, -0.15) is 0 Å². The van der Waals surface area contributed by atoms with E-state index in [1.165, 1.54) is 0 Å². The Kier molecular flexibility index (Phi) is 4.00. The van der Waals surface area contributed by atoms with Crippen LogP contribution in [-0.2, 0) is 0 Å². The fraction of sp³-hybridized carbons (Fsp3) is 0.0667. The van der Waals surface area contributed by atoms with Crippen molar-refractivity contribution in [3.05, 3.63) is 63.0 Å². The van der Waals surface area contributed by atoms with Gasteiger partial charge in [0.1, 0.15) is 11.3 Å². The zero-order valence-electron chi connectivity index (χ0n) is 11.4. The van der Waals surface area contributed by atoms with Gasteiger partial charge in [-0.1, -0.05) is 40.9 Å². The van der Waals surface area contributed by atoms with Crippen LogP contribution in [0.1, 0.15) is 16.2 Å². The number of benzene rings is 1. The molecule has 4 nitrogen and oxygen atoms in total. The highest BCUT2D eigenvalue weighted by molar-refractivity contribution is 6.40. The minimum absolute atomic E-state index is 0.345. The molecule has 2 aromatic heterocycles. The van der Waals surface area contributed by atoms with Crippen molar-refractivity contribution in [3.63, 3.8) is 0 Å². The Morgan fingerprint density at radius 1 is 1.18 bits per heavy atom. The number of hydrogen-bond donors (Lipinski definition) is 1. The van der Waals surface area contributed by atoms with Gasteiger partial charge in [-0.3, -0.25) is 9.20 Å². The van der Waals surface area contributed by atoms with Gasteiger partial charge in [0.05, 0.1) is 21.4 Å². The molecule has 0 radical (unpaired) electrons. The minimum atomic E-state index is -0.345. The van der Waals surface area contributed by atoms with Gasteiger partial charge >= 0.3 is 0 Å². The van der Waals surface area contributed by atoms with Crippen LogP contribution in [0.3, 0.4) is 0 Å². The van der Waals surface area contributed by atoms with Crippen LogP contribution >= 0.6 is 34.8 Å². The molecule has 22 heavy (non-hydrogen) atoms. The van der Waals surface area contributed by atoms with Gasteiger partial charge in [-0.05, 0) is 25.1 Å². The fourth-order valence-corrected chi connectivity index (χ4v) is 2.85. The third-order valence-electron chi connectivity index (χ3n) is 3.18. The average Bonchev–Trinajstić information content (AvgIpc) is 2.78. The summed E-state index contributed by atoms with van der Waals surface area (Å²) in [7, 11) is 0. The maximum atomic E-state index is 12.6. The highest BCUT2D eigenvalue weighted by Gasteiger charge is 2.18. The van der Waals surface area contributed by atoms with E-state index in [4.69, 9.17) is 34.8 Å². The lowest BCUT2D eigenvalue weighted by atomic mass is 10.2. The molecule has 0 atom stereocenters. The third kappa shape index (κ3) is 2.65. The molecule has 0 spiro atoms. The van der Waals surface area contributed by atoms with Crippen molar-refractivity contribution in [2.75, 3.05) is 5.32 Å². The maximum Gasteiger partial charge on any atom is 0.274 e. The molecule has 0 aliphatic heterocycles. The molecule has 1 N–H and O–H groups in total. The van der Waals surface area contributed by atoms with Gasteiger partial charge in [0.2, 0.25) is 0 Å². The molecule has 0 aliphatic rings. The van der Waals surface area contributed by atoms with Crippen LogP contribution in [0.2, 0.25) is 15.1 Å². The standard InChI is InChI=1S/C15H10Cl3N3O/c1-8-14(21-6-5-9(16)7-12(21)19-8)15(22)20-13-10(17)3-2-4-11(13)18/h2-7H,1H3,(H,20,22). The first-order valence-corrected chi connectivity index (χ1v) is 7.50. The zero-order valence-corrected chi connectivity index (χ0v) is 13.7. The van der Waals surface area contributed by atoms with Gasteiger partial charge in [0.25, 0.3) is 5.91 Å². The first kappa shape index (κ1) is 15.2. The van der Waals surface area contributed by atoms with E-state index in [9.17, 15) is 4.79 Å². The molecule has 0 aliphatic carbocycles. The van der Waals surface area contributed by atoms with Crippen molar-refractivity contribution in [2.24, 2.45) is 0 Å². The van der Waals surface area contributed by atoms with Crippen LogP contribution in [0.5, 0.6) is 0 Å². The number of rotatable bonds is 2. The summed E-state index contributed by atoms with van der Waals surface area (Å²) in [6, 6.07) is 8.40. The van der Waals surface area contributed by atoms with E-state index in [2.05, 4.69) is 10.3 Å². The molecule has 3 rings (SSSR count). The molecule has 3 aromatic rings. The molecule has 2 heterocycles. The Balaban J connectivity index is 2.04. The number of para-hydroxylation sites is 1. The van der Waals surface area contributed by atoms with Gasteiger partial charge < -0.3 is 5.32 Å². The third-order valence-corrected chi connectivity index (χ3v) is 4.04. The van der Waals surface area contributed by atoms with E-state index >= 15 is 0 Å². The van der Waals surface area contributed by atoms with Crippen molar-refractivity contribution in [1.29, 1.82) is 0 Å². The summed E-state index contributed by atoms with van der Waals surface area (Å²) in [5.41, 5.74) is 1.96. The number of carbonyl (C=O) groups excluding carboxylic acids is 1. The summed E-state index contributed by atoms with van der Waals surface area (Å²) in [4.78, 5) is 16.9. The number of hydrogen-bond acceptors (Lipinski definition) is 2. The van der Waals surface area contributed by atoms with E-state index in [-0.39, 0.29) is 5.91 Å². The topological polar surface area (TPSA) is 46.4 Å².